The number of alkyl carbamates (subject to hydrolysis) is 1. The molecule has 0 bridgehead atoms. The van der Waals surface area contributed by atoms with Gasteiger partial charge in [-0.15, -0.1) is 0 Å². The first-order valence-electron chi connectivity index (χ1n) is 8.40. The van der Waals surface area contributed by atoms with Gasteiger partial charge in [-0.05, 0) is 44.6 Å². The van der Waals surface area contributed by atoms with Crippen LogP contribution < -0.4 is 10.8 Å². The molecule has 1 aliphatic rings. The zero-order valence-corrected chi connectivity index (χ0v) is 14.7. The van der Waals surface area contributed by atoms with Crippen molar-refractivity contribution in [1.29, 1.82) is 0 Å². The average molecular weight is 334 g/mol. The number of nitrogens with zero attached hydrogens (tertiary/aromatic N) is 1. The molecule has 24 heavy (non-hydrogen) atoms. The van der Waals surface area contributed by atoms with Gasteiger partial charge in [-0.3, -0.25) is 4.90 Å². The third-order valence-electron chi connectivity index (χ3n) is 3.99. The van der Waals surface area contributed by atoms with Crippen LogP contribution in [0.15, 0.2) is 24.3 Å². The minimum atomic E-state index is -1.42. The van der Waals surface area contributed by atoms with E-state index in [1.165, 1.54) is 0 Å². The Hall–Kier alpha value is -1.57. The fraction of sp³-hybridized carbons (Fsp3) is 0.588. The van der Waals surface area contributed by atoms with Gasteiger partial charge in [0.05, 0.1) is 0 Å². The lowest BCUT2D eigenvalue weighted by atomic mass is 9.80. The smallest absolute Gasteiger partial charge is 0.444 e. The summed E-state index contributed by atoms with van der Waals surface area (Å²) < 4.78 is 5.29. The maximum Gasteiger partial charge on any atom is 0.488 e. The van der Waals surface area contributed by atoms with Crippen molar-refractivity contribution in [1.82, 2.24) is 10.2 Å². The molecule has 0 unspecified atom stereocenters. The van der Waals surface area contributed by atoms with E-state index in [0.717, 1.165) is 38.0 Å². The summed E-state index contributed by atoms with van der Waals surface area (Å²) in [6.45, 7) is 8.21. The van der Waals surface area contributed by atoms with Crippen LogP contribution in [0.2, 0.25) is 0 Å². The maximum atomic E-state index is 11.8. The van der Waals surface area contributed by atoms with E-state index >= 15 is 0 Å². The maximum absolute atomic E-state index is 11.8. The van der Waals surface area contributed by atoms with Crippen LogP contribution in [0.25, 0.3) is 0 Å². The van der Waals surface area contributed by atoms with Gasteiger partial charge in [-0.2, -0.15) is 0 Å². The highest BCUT2D eigenvalue weighted by Gasteiger charge is 2.23. The summed E-state index contributed by atoms with van der Waals surface area (Å²) in [6.07, 6.45) is 1.44. The molecular weight excluding hydrogens is 307 g/mol. The van der Waals surface area contributed by atoms with Crippen molar-refractivity contribution in [3.05, 3.63) is 29.8 Å². The van der Waals surface area contributed by atoms with Crippen LogP contribution in [0, 0.1) is 0 Å². The fourth-order valence-electron chi connectivity index (χ4n) is 2.76. The minimum Gasteiger partial charge on any atom is -0.444 e. The lowest BCUT2D eigenvalue weighted by molar-refractivity contribution is 0.0477. The Balaban J connectivity index is 1.75. The number of ether oxygens (including phenoxy) is 1. The topological polar surface area (TPSA) is 82.0 Å². The van der Waals surface area contributed by atoms with Crippen LogP contribution in [-0.4, -0.2) is 52.9 Å². The second-order valence-electron chi connectivity index (χ2n) is 7.31. The number of nitrogens with one attached hydrogen (secondary N) is 1. The zero-order valence-electron chi connectivity index (χ0n) is 14.7. The minimum absolute atomic E-state index is 0.156. The van der Waals surface area contributed by atoms with Gasteiger partial charge in [-0.25, -0.2) is 4.79 Å². The van der Waals surface area contributed by atoms with Crippen molar-refractivity contribution in [2.45, 2.75) is 51.8 Å². The Morgan fingerprint density at radius 2 is 1.83 bits per heavy atom. The molecule has 0 atom stereocenters. The van der Waals surface area contributed by atoms with E-state index in [1.54, 1.807) is 12.1 Å². The molecule has 1 amide bonds. The molecule has 6 nitrogen and oxygen atoms in total. The Labute approximate surface area is 144 Å². The summed E-state index contributed by atoms with van der Waals surface area (Å²) >= 11 is 0. The molecule has 0 saturated carbocycles. The number of hydrogen-bond acceptors (Lipinski definition) is 5. The second kappa shape index (κ2) is 8.01. The van der Waals surface area contributed by atoms with Gasteiger partial charge in [0.2, 0.25) is 0 Å². The summed E-state index contributed by atoms with van der Waals surface area (Å²) in [4.78, 5) is 14.1. The van der Waals surface area contributed by atoms with Gasteiger partial charge in [0, 0.05) is 25.7 Å². The highest BCUT2D eigenvalue weighted by Crippen LogP contribution is 2.15. The molecule has 0 spiro atoms. The van der Waals surface area contributed by atoms with E-state index in [4.69, 9.17) is 14.8 Å². The van der Waals surface area contributed by atoms with E-state index in [2.05, 4.69) is 10.2 Å². The quantitative estimate of drug-likeness (QED) is 0.712. The first-order chi connectivity index (χ1) is 11.2. The molecule has 1 aromatic carbocycles. The standard InChI is InChI=1S/C17H27BN2O4/c1-17(2,3)24-16(21)19-15-8-10-20(11-9-15)12-13-4-6-14(7-5-13)18(22)23/h4-7,15,22-23H,8-12H2,1-3H3,(H,19,21). The number of benzene rings is 1. The molecule has 1 aliphatic heterocycles. The lowest BCUT2D eigenvalue weighted by Gasteiger charge is -2.32. The van der Waals surface area contributed by atoms with Crippen molar-refractivity contribution >= 4 is 18.7 Å². The van der Waals surface area contributed by atoms with Gasteiger partial charge in [0.1, 0.15) is 5.60 Å². The molecule has 0 aliphatic carbocycles. The normalized spacial score (nSPS) is 16.7. The predicted molar refractivity (Wildman–Crippen MR) is 93.9 cm³/mol. The van der Waals surface area contributed by atoms with Crippen molar-refractivity contribution in [3.8, 4) is 0 Å². The van der Waals surface area contributed by atoms with E-state index < -0.39 is 12.7 Å². The summed E-state index contributed by atoms with van der Waals surface area (Å²) in [5, 5.41) is 21.2. The third-order valence-corrected chi connectivity index (χ3v) is 3.99. The molecule has 3 N–H and O–H groups in total. The Morgan fingerprint density at radius 1 is 1.25 bits per heavy atom. The molecule has 1 saturated heterocycles. The zero-order chi connectivity index (χ0) is 17.7. The van der Waals surface area contributed by atoms with Gasteiger partial charge in [0.25, 0.3) is 0 Å². The molecule has 1 heterocycles. The summed E-state index contributed by atoms with van der Waals surface area (Å²) in [5.41, 5.74) is 1.16. The predicted octanol–water partition coefficient (Wildman–Crippen LogP) is 0.855. The third kappa shape index (κ3) is 6.15. The summed E-state index contributed by atoms with van der Waals surface area (Å²) in [7, 11) is -1.42. The number of carbonyl (C=O) groups is 1. The first kappa shape index (κ1) is 18.8. The summed E-state index contributed by atoms with van der Waals surface area (Å²) in [5.74, 6) is 0. The second-order valence-corrected chi connectivity index (χ2v) is 7.31. The van der Waals surface area contributed by atoms with Crippen molar-refractivity contribution in [3.63, 3.8) is 0 Å². The molecule has 2 rings (SSSR count). The molecule has 0 radical (unpaired) electrons. The SMILES string of the molecule is CC(C)(C)OC(=O)NC1CCN(Cc2ccc(B(O)O)cc2)CC1. The van der Waals surface area contributed by atoms with E-state index in [1.807, 2.05) is 32.9 Å². The molecule has 7 heteroatoms. The van der Waals surface area contributed by atoms with Crippen LogP contribution in [0.1, 0.15) is 39.2 Å². The van der Waals surface area contributed by atoms with E-state index in [-0.39, 0.29) is 12.1 Å². The number of hydrogen-bond donors (Lipinski definition) is 3. The largest absolute Gasteiger partial charge is 0.488 e. The number of rotatable bonds is 4. The van der Waals surface area contributed by atoms with Gasteiger partial charge in [-0.1, -0.05) is 24.3 Å². The van der Waals surface area contributed by atoms with Gasteiger partial charge < -0.3 is 20.1 Å². The highest BCUT2D eigenvalue weighted by atomic mass is 16.6. The molecule has 1 fully saturated rings. The number of amides is 1. The molecule has 0 aromatic heterocycles. The number of likely N-dealkylation sites (tertiary alicyclic amines) is 1. The van der Waals surface area contributed by atoms with E-state index in [9.17, 15) is 4.79 Å². The fourth-order valence-corrected chi connectivity index (χ4v) is 2.76. The van der Waals surface area contributed by atoms with Crippen LogP contribution in [0.3, 0.4) is 0 Å². The van der Waals surface area contributed by atoms with Crippen LogP contribution in [0.5, 0.6) is 0 Å². The first-order valence-corrected chi connectivity index (χ1v) is 8.40. The van der Waals surface area contributed by atoms with Gasteiger partial charge in [0.15, 0.2) is 0 Å². The Kier molecular flexibility index (Phi) is 6.26. The molecule has 1 aromatic rings. The Bertz CT molecular complexity index is 535. The Morgan fingerprint density at radius 3 is 2.33 bits per heavy atom. The average Bonchev–Trinajstić information content (AvgIpc) is 2.48. The number of piperidine rings is 1. The molecular formula is C17H27BN2O4. The van der Waals surface area contributed by atoms with Crippen LogP contribution in [-0.2, 0) is 11.3 Å². The number of carbonyl (C=O) groups excluding carboxylic acids is 1. The summed E-state index contributed by atoms with van der Waals surface area (Å²) in [6, 6.07) is 7.45. The monoisotopic (exact) mass is 334 g/mol. The highest BCUT2D eigenvalue weighted by molar-refractivity contribution is 6.58. The lowest BCUT2D eigenvalue weighted by Crippen LogP contribution is -2.45. The van der Waals surface area contributed by atoms with Crippen LogP contribution in [0.4, 0.5) is 4.79 Å². The molecule has 132 valence electrons. The van der Waals surface area contributed by atoms with Gasteiger partial charge >= 0.3 is 13.2 Å². The van der Waals surface area contributed by atoms with Crippen LogP contribution >= 0.6 is 0 Å². The van der Waals surface area contributed by atoms with Crippen molar-refractivity contribution in [2.24, 2.45) is 0 Å². The van der Waals surface area contributed by atoms with E-state index in [0.29, 0.717) is 5.46 Å². The van der Waals surface area contributed by atoms with Crippen molar-refractivity contribution in [2.75, 3.05) is 13.1 Å². The van der Waals surface area contributed by atoms with Crippen molar-refractivity contribution < 1.29 is 19.6 Å².